The third-order valence-electron chi connectivity index (χ3n) is 6.06. The Morgan fingerprint density at radius 1 is 0.875 bits per heavy atom. The van der Waals surface area contributed by atoms with Crippen LogP contribution >= 0.6 is 0 Å². The number of fused-ring (bicyclic) bond motifs is 4. The standard InChI is InChI=1S/C27H20FN3O/c28-18-11-9-17(10-12-18)15-31-25-8-4-2-6-21(25)22-13-19(16-32)30-26(27(22)31)23-14-29-24-7-3-1-5-20(23)24/h1-14,29,32H,15-16H2. The number of H-pyrrole nitrogens is 1. The van der Waals surface area contributed by atoms with Crippen LogP contribution in [0.2, 0.25) is 0 Å². The lowest BCUT2D eigenvalue weighted by molar-refractivity contribution is 0.277. The summed E-state index contributed by atoms with van der Waals surface area (Å²) in [6, 6.07) is 25.0. The molecule has 4 nitrogen and oxygen atoms in total. The van der Waals surface area contributed by atoms with Crippen LogP contribution in [0.4, 0.5) is 4.39 Å². The largest absolute Gasteiger partial charge is 0.390 e. The molecular weight excluding hydrogens is 401 g/mol. The number of nitrogens with one attached hydrogen (secondary N) is 1. The molecule has 32 heavy (non-hydrogen) atoms. The fourth-order valence-electron chi connectivity index (χ4n) is 4.60. The van der Waals surface area contributed by atoms with Gasteiger partial charge in [0.1, 0.15) is 5.82 Å². The van der Waals surface area contributed by atoms with Gasteiger partial charge in [0.05, 0.1) is 23.5 Å². The summed E-state index contributed by atoms with van der Waals surface area (Å²) in [6.45, 7) is 0.447. The first-order valence-corrected chi connectivity index (χ1v) is 10.6. The summed E-state index contributed by atoms with van der Waals surface area (Å²) in [7, 11) is 0. The SMILES string of the molecule is OCc1cc2c3ccccc3n(Cc3ccc(F)cc3)c2c(-c2c[nH]c3ccccc23)n1. The number of halogens is 1. The Labute approximate surface area is 183 Å². The summed E-state index contributed by atoms with van der Waals surface area (Å²) < 4.78 is 15.7. The first-order chi connectivity index (χ1) is 15.7. The van der Waals surface area contributed by atoms with E-state index in [0.29, 0.717) is 12.2 Å². The zero-order chi connectivity index (χ0) is 21.7. The van der Waals surface area contributed by atoms with Crippen LogP contribution in [0.3, 0.4) is 0 Å². The fourth-order valence-corrected chi connectivity index (χ4v) is 4.60. The second-order valence-electron chi connectivity index (χ2n) is 7.99. The van der Waals surface area contributed by atoms with E-state index < -0.39 is 0 Å². The fraction of sp³-hybridized carbons (Fsp3) is 0.0741. The maximum Gasteiger partial charge on any atom is 0.123 e. The number of hydrogen-bond acceptors (Lipinski definition) is 2. The minimum absolute atomic E-state index is 0.136. The van der Waals surface area contributed by atoms with Crippen LogP contribution in [0, 0.1) is 5.82 Å². The number of aliphatic hydroxyl groups excluding tert-OH is 1. The maximum absolute atomic E-state index is 13.5. The molecule has 0 saturated heterocycles. The van der Waals surface area contributed by atoms with E-state index in [1.54, 1.807) is 0 Å². The molecule has 2 N–H and O–H groups in total. The molecule has 156 valence electrons. The Morgan fingerprint density at radius 2 is 1.62 bits per heavy atom. The van der Waals surface area contributed by atoms with Gasteiger partial charge in [0.15, 0.2) is 0 Å². The number of aliphatic hydroxyl groups is 1. The highest BCUT2D eigenvalue weighted by Crippen LogP contribution is 2.38. The Morgan fingerprint density at radius 3 is 2.44 bits per heavy atom. The number of benzene rings is 3. The molecule has 6 rings (SSSR count). The number of hydrogen-bond donors (Lipinski definition) is 2. The topological polar surface area (TPSA) is 53.8 Å². The normalized spacial score (nSPS) is 11.7. The summed E-state index contributed by atoms with van der Waals surface area (Å²) in [4.78, 5) is 8.22. The first-order valence-electron chi connectivity index (χ1n) is 10.6. The zero-order valence-electron chi connectivity index (χ0n) is 17.2. The van der Waals surface area contributed by atoms with Crippen molar-refractivity contribution in [3.8, 4) is 11.3 Å². The summed E-state index contributed by atoms with van der Waals surface area (Å²) >= 11 is 0. The van der Waals surface area contributed by atoms with Gasteiger partial charge in [-0.15, -0.1) is 0 Å². The van der Waals surface area contributed by atoms with E-state index in [2.05, 4.69) is 27.8 Å². The molecule has 3 heterocycles. The van der Waals surface area contributed by atoms with Gasteiger partial charge in [-0.05, 0) is 35.9 Å². The van der Waals surface area contributed by atoms with E-state index in [1.807, 2.05) is 54.7 Å². The van der Waals surface area contributed by atoms with Crippen molar-refractivity contribution < 1.29 is 9.50 Å². The van der Waals surface area contributed by atoms with E-state index >= 15 is 0 Å². The van der Waals surface area contributed by atoms with Gasteiger partial charge in [0.2, 0.25) is 0 Å². The predicted molar refractivity (Wildman–Crippen MR) is 126 cm³/mol. The van der Waals surface area contributed by atoms with Gasteiger partial charge >= 0.3 is 0 Å². The van der Waals surface area contributed by atoms with Crippen LogP contribution in [0.1, 0.15) is 11.3 Å². The van der Waals surface area contributed by atoms with Gasteiger partial charge in [-0.1, -0.05) is 48.5 Å². The van der Waals surface area contributed by atoms with Crippen molar-refractivity contribution in [2.24, 2.45) is 0 Å². The van der Waals surface area contributed by atoms with Crippen LogP contribution in [-0.4, -0.2) is 19.6 Å². The highest BCUT2D eigenvalue weighted by molar-refractivity contribution is 6.14. The molecule has 0 spiro atoms. The van der Waals surface area contributed by atoms with Gasteiger partial charge in [-0.2, -0.15) is 0 Å². The average molecular weight is 421 g/mol. The predicted octanol–water partition coefficient (Wildman–Crippen LogP) is 6.02. The Balaban J connectivity index is 1.71. The van der Waals surface area contributed by atoms with Gasteiger partial charge in [-0.25, -0.2) is 9.37 Å². The lowest BCUT2D eigenvalue weighted by atomic mass is 10.1. The van der Waals surface area contributed by atoms with Crippen molar-refractivity contribution in [1.29, 1.82) is 0 Å². The number of nitrogens with zero attached hydrogens (tertiary/aromatic N) is 2. The summed E-state index contributed by atoms with van der Waals surface area (Å²) in [5, 5.41) is 13.2. The molecule has 3 aromatic heterocycles. The molecule has 3 aromatic carbocycles. The smallest absolute Gasteiger partial charge is 0.123 e. The Kier molecular flexibility index (Phi) is 4.30. The summed E-state index contributed by atoms with van der Waals surface area (Å²) in [5.41, 5.74) is 6.55. The molecule has 0 amide bonds. The maximum atomic E-state index is 13.5. The van der Waals surface area contributed by atoms with E-state index in [4.69, 9.17) is 4.98 Å². The van der Waals surface area contributed by atoms with Crippen LogP contribution in [-0.2, 0) is 13.2 Å². The molecule has 0 aliphatic rings. The van der Waals surface area contributed by atoms with Crippen molar-refractivity contribution in [1.82, 2.24) is 14.5 Å². The van der Waals surface area contributed by atoms with E-state index in [-0.39, 0.29) is 12.4 Å². The number of para-hydroxylation sites is 2. The van der Waals surface area contributed by atoms with Crippen molar-refractivity contribution in [3.05, 3.63) is 102 Å². The third-order valence-corrected chi connectivity index (χ3v) is 6.06. The van der Waals surface area contributed by atoms with Crippen LogP contribution < -0.4 is 0 Å². The second-order valence-corrected chi connectivity index (χ2v) is 7.99. The van der Waals surface area contributed by atoms with Gasteiger partial charge in [0.25, 0.3) is 0 Å². The quantitative estimate of drug-likeness (QED) is 0.366. The molecule has 0 radical (unpaired) electrons. The van der Waals surface area contributed by atoms with Gasteiger partial charge in [0, 0.05) is 45.5 Å². The van der Waals surface area contributed by atoms with Crippen molar-refractivity contribution in [2.75, 3.05) is 0 Å². The molecule has 0 aliphatic heterocycles. The summed E-state index contributed by atoms with van der Waals surface area (Å²) in [5.74, 6) is -0.246. The second kappa shape index (κ2) is 7.32. The van der Waals surface area contributed by atoms with E-state index in [0.717, 1.165) is 49.5 Å². The van der Waals surface area contributed by atoms with Crippen molar-refractivity contribution >= 4 is 32.7 Å². The molecule has 0 fully saturated rings. The lowest BCUT2D eigenvalue weighted by Crippen LogP contribution is -2.02. The van der Waals surface area contributed by atoms with E-state index in [1.165, 1.54) is 12.1 Å². The summed E-state index contributed by atoms with van der Waals surface area (Å²) in [6.07, 6.45) is 1.98. The molecule has 0 atom stereocenters. The van der Waals surface area contributed by atoms with Crippen molar-refractivity contribution in [3.63, 3.8) is 0 Å². The van der Waals surface area contributed by atoms with Crippen LogP contribution in [0.15, 0.2) is 85.1 Å². The van der Waals surface area contributed by atoms with Crippen LogP contribution in [0.5, 0.6) is 0 Å². The van der Waals surface area contributed by atoms with Gasteiger partial charge in [-0.3, -0.25) is 0 Å². The number of aromatic nitrogens is 3. The zero-order valence-corrected chi connectivity index (χ0v) is 17.2. The monoisotopic (exact) mass is 421 g/mol. The number of aromatic amines is 1. The highest BCUT2D eigenvalue weighted by Gasteiger charge is 2.20. The first kappa shape index (κ1) is 18.8. The highest BCUT2D eigenvalue weighted by atomic mass is 19.1. The molecule has 6 aromatic rings. The number of pyridine rings is 1. The minimum Gasteiger partial charge on any atom is -0.390 e. The van der Waals surface area contributed by atoms with Crippen molar-refractivity contribution in [2.45, 2.75) is 13.2 Å². The molecule has 5 heteroatoms. The molecule has 0 unspecified atom stereocenters. The number of rotatable bonds is 4. The molecule has 0 saturated carbocycles. The molecular formula is C27H20FN3O. The van der Waals surface area contributed by atoms with E-state index in [9.17, 15) is 9.50 Å². The molecule has 0 bridgehead atoms. The molecule has 0 aliphatic carbocycles. The van der Waals surface area contributed by atoms with Gasteiger partial charge < -0.3 is 14.7 Å². The van der Waals surface area contributed by atoms with Crippen LogP contribution in [0.25, 0.3) is 44.0 Å². The minimum atomic E-state index is -0.246. The lowest BCUT2D eigenvalue weighted by Gasteiger charge is -2.12. The third kappa shape index (κ3) is 2.90. The Bertz CT molecular complexity index is 1600. The average Bonchev–Trinajstić information content (AvgIpc) is 3.40. The Hall–Kier alpha value is -3.96.